The van der Waals surface area contributed by atoms with Crippen LogP contribution in [-0.2, 0) is 0 Å². The average molecular weight is 266 g/mol. The molecule has 10 heavy (non-hydrogen) atoms. The molecular formula is C8H10Br2. The predicted molar refractivity (Wildman–Crippen MR) is 52.5 cm³/mol. The maximum absolute atomic E-state index is 3.51. The van der Waals surface area contributed by atoms with Gasteiger partial charge in [0.05, 0.1) is 0 Å². The second-order valence-electron chi connectivity index (χ2n) is 2.38. The highest BCUT2D eigenvalue weighted by Gasteiger charge is 1.97. The molecule has 2 heteroatoms. The molecule has 0 nitrogen and oxygen atoms in total. The molecule has 0 saturated heterocycles. The van der Waals surface area contributed by atoms with Gasteiger partial charge in [-0.2, -0.15) is 0 Å². The molecule has 0 bridgehead atoms. The maximum atomic E-state index is 3.51. The van der Waals surface area contributed by atoms with Crippen molar-refractivity contribution in [2.45, 2.75) is 25.7 Å². The first-order valence-corrected chi connectivity index (χ1v) is 5.06. The van der Waals surface area contributed by atoms with Gasteiger partial charge in [0.1, 0.15) is 0 Å². The van der Waals surface area contributed by atoms with Crippen LogP contribution in [-0.4, -0.2) is 0 Å². The van der Waals surface area contributed by atoms with Gasteiger partial charge in [-0.05, 0) is 34.6 Å². The van der Waals surface area contributed by atoms with Gasteiger partial charge < -0.3 is 0 Å². The van der Waals surface area contributed by atoms with Crippen molar-refractivity contribution >= 4 is 31.9 Å². The molecule has 0 heterocycles. The highest BCUT2D eigenvalue weighted by atomic mass is 79.9. The van der Waals surface area contributed by atoms with E-state index in [1.165, 1.54) is 8.96 Å². The van der Waals surface area contributed by atoms with Gasteiger partial charge in [-0.25, -0.2) is 0 Å². The lowest BCUT2D eigenvalue weighted by atomic mass is 10.1. The van der Waals surface area contributed by atoms with E-state index in [2.05, 4.69) is 44.0 Å². The Morgan fingerprint density at radius 1 is 0.900 bits per heavy atom. The van der Waals surface area contributed by atoms with E-state index in [9.17, 15) is 0 Å². The molecule has 0 aromatic rings. The van der Waals surface area contributed by atoms with E-state index in [1.54, 1.807) is 0 Å². The van der Waals surface area contributed by atoms with Crippen LogP contribution < -0.4 is 0 Å². The van der Waals surface area contributed by atoms with Crippen molar-refractivity contribution < 1.29 is 0 Å². The van der Waals surface area contributed by atoms with Gasteiger partial charge in [-0.1, -0.05) is 44.0 Å². The third kappa shape index (κ3) is 3.02. The summed E-state index contributed by atoms with van der Waals surface area (Å²) in [5.41, 5.74) is 0. The molecule has 56 valence electrons. The summed E-state index contributed by atoms with van der Waals surface area (Å²) in [5, 5.41) is 0. The molecule has 0 saturated carbocycles. The maximum Gasteiger partial charge on any atom is -0.00860 e. The van der Waals surface area contributed by atoms with Crippen molar-refractivity contribution in [3.05, 3.63) is 21.1 Å². The Morgan fingerprint density at radius 2 is 1.30 bits per heavy atom. The first-order valence-electron chi connectivity index (χ1n) is 3.48. The van der Waals surface area contributed by atoms with Crippen LogP contribution in [0.4, 0.5) is 0 Å². The van der Waals surface area contributed by atoms with Crippen LogP contribution in [0.2, 0.25) is 0 Å². The summed E-state index contributed by atoms with van der Waals surface area (Å²) < 4.78 is 2.70. The zero-order valence-corrected chi connectivity index (χ0v) is 8.91. The Morgan fingerprint density at radius 3 is 1.70 bits per heavy atom. The molecular weight excluding hydrogens is 256 g/mol. The minimum atomic E-state index is 1.15. The predicted octanol–water partition coefficient (Wildman–Crippen LogP) is 4.12. The van der Waals surface area contributed by atoms with Crippen LogP contribution >= 0.6 is 31.9 Å². The zero-order chi connectivity index (χ0) is 7.40. The second-order valence-corrected chi connectivity index (χ2v) is 4.42. The van der Waals surface area contributed by atoms with Gasteiger partial charge in [0.2, 0.25) is 0 Å². The van der Waals surface area contributed by atoms with E-state index in [-0.39, 0.29) is 0 Å². The molecule has 0 unspecified atom stereocenters. The number of hydrogen-bond acceptors (Lipinski definition) is 0. The largest absolute Gasteiger partial charge is 0.0740 e. The Labute approximate surface area is 78.6 Å². The highest BCUT2D eigenvalue weighted by Crippen LogP contribution is 2.23. The summed E-state index contributed by atoms with van der Waals surface area (Å²) in [6, 6.07) is 0. The average Bonchev–Trinajstić information content (AvgIpc) is 1.84. The van der Waals surface area contributed by atoms with E-state index in [0.717, 1.165) is 25.7 Å². The van der Waals surface area contributed by atoms with Crippen molar-refractivity contribution in [2.75, 3.05) is 0 Å². The molecule has 1 aliphatic rings. The monoisotopic (exact) mass is 264 g/mol. The summed E-state index contributed by atoms with van der Waals surface area (Å²) in [6.45, 7) is 0. The van der Waals surface area contributed by atoms with E-state index in [0.29, 0.717) is 0 Å². The van der Waals surface area contributed by atoms with Crippen molar-refractivity contribution in [1.29, 1.82) is 0 Å². The summed E-state index contributed by atoms with van der Waals surface area (Å²) in [7, 11) is 0. The molecule has 0 fully saturated rings. The van der Waals surface area contributed by atoms with E-state index >= 15 is 0 Å². The quantitative estimate of drug-likeness (QED) is 0.618. The lowest BCUT2D eigenvalue weighted by molar-refractivity contribution is 0.947. The SMILES string of the molecule is Br/C1=C/CC/C(Br)=C\CC1. The third-order valence-electron chi connectivity index (χ3n) is 1.50. The van der Waals surface area contributed by atoms with Gasteiger partial charge in [0.25, 0.3) is 0 Å². The van der Waals surface area contributed by atoms with Gasteiger partial charge in [0.15, 0.2) is 0 Å². The molecule has 0 spiro atoms. The van der Waals surface area contributed by atoms with Gasteiger partial charge in [-0.15, -0.1) is 0 Å². The second kappa shape index (κ2) is 4.35. The minimum Gasteiger partial charge on any atom is -0.0740 e. The number of rotatable bonds is 0. The lowest BCUT2D eigenvalue weighted by Gasteiger charge is -2.02. The van der Waals surface area contributed by atoms with Crippen LogP contribution in [0.1, 0.15) is 25.7 Å². The third-order valence-corrected chi connectivity index (χ3v) is 2.94. The topological polar surface area (TPSA) is 0 Å². The fraction of sp³-hybridized carbons (Fsp3) is 0.500. The molecule has 1 aliphatic carbocycles. The van der Waals surface area contributed by atoms with Crippen LogP contribution in [0.5, 0.6) is 0 Å². The number of hydrogen-bond donors (Lipinski definition) is 0. The minimum absolute atomic E-state index is 1.15. The van der Waals surface area contributed by atoms with E-state index < -0.39 is 0 Å². The molecule has 0 atom stereocenters. The van der Waals surface area contributed by atoms with Crippen LogP contribution in [0, 0.1) is 0 Å². The summed E-state index contributed by atoms with van der Waals surface area (Å²) >= 11 is 7.02. The van der Waals surface area contributed by atoms with Crippen LogP contribution in [0.25, 0.3) is 0 Å². The molecule has 0 radical (unpaired) electrons. The molecule has 0 aliphatic heterocycles. The summed E-state index contributed by atoms with van der Waals surface area (Å²) in [6.07, 6.45) is 9.11. The normalized spacial score (nSPS) is 31.0. The number of halogens is 2. The van der Waals surface area contributed by atoms with E-state index in [1.807, 2.05) is 0 Å². The molecule has 1 rings (SSSR count). The Kier molecular flexibility index (Phi) is 3.71. The van der Waals surface area contributed by atoms with Crippen molar-refractivity contribution in [1.82, 2.24) is 0 Å². The lowest BCUT2D eigenvalue weighted by Crippen LogP contribution is -1.81. The zero-order valence-electron chi connectivity index (χ0n) is 5.74. The number of allylic oxidation sites excluding steroid dienone is 4. The first kappa shape index (κ1) is 8.54. The fourth-order valence-corrected chi connectivity index (χ4v) is 1.85. The molecule has 0 aromatic carbocycles. The molecule has 0 N–H and O–H groups in total. The van der Waals surface area contributed by atoms with Crippen molar-refractivity contribution in [3.8, 4) is 0 Å². The van der Waals surface area contributed by atoms with Gasteiger partial charge >= 0.3 is 0 Å². The standard InChI is InChI=1S/C8H10Br2/c9-7-3-1-4-8(10)6-2-5-7/h3,6H,1-2,4-5H2/b7-3+,8-6+. The van der Waals surface area contributed by atoms with Crippen LogP contribution in [0.15, 0.2) is 21.1 Å². The Balaban J connectivity index is 2.48. The van der Waals surface area contributed by atoms with Crippen LogP contribution in [0.3, 0.4) is 0 Å². The van der Waals surface area contributed by atoms with Gasteiger partial charge in [0, 0.05) is 0 Å². The highest BCUT2D eigenvalue weighted by molar-refractivity contribution is 9.12. The van der Waals surface area contributed by atoms with Crippen molar-refractivity contribution in [3.63, 3.8) is 0 Å². The molecule has 0 amide bonds. The molecule has 0 aromatic heterocycles. The van der Waals surface area contributed by atoms with Crippen molar-refractivity contribution in [2.24, 2.45) is 0 Å². The smallest absolute Gasteiger partial charge is 0.00860 e. The Hall–Kier alpha value is 0.440. The summed E-state index contributed by atoms with van der Waals surface area (Å²) in [4.78, 5) is 0. The van der Waals surface area contributed by atoms with E-state index in [4.69, 9.17) is 0 Å². The Bertz CT molecular complexity index is 148. The first-order chi connectivity index (χ1) is 4.79. The van der Waals surface area contributed by atoms with Gasteiger partial charge in [-0.3, -0.25) is 0 Å². The summed E-state index contributed by atoms with van der Waals surface area (Å²) in [5.74, 6) is 0. The fourth-order valence-electron chi connectivity index (χ4n) is 0.937.